The van der Waals surface area contributed by atoms with E-state index in [2.05, 4.69) is 23.7 Å². The zero-order valence-electron chi connectivity index (χ0n) is 10.0. The Hall–Kier alpha value is 0.270. The summed E-state index contributed by atoms with van der Waals surface area (Å²) in [4.78, 5) is 0. The summed E-state index contributed by atoms with van der Waals surface area (Å²) < 4.78 is 16.4. The summed E-state index contributed by atoms with van der Waals surface area (Å²) in [5.41, 5.74) is 1.87. The van der Waals surface area contributed by atoms with Crippen LogP contribution in [-0.4, -0.2) is 19.1 Å². The standard InChI is InChI=1S/C7H6Cl4N7P3/c8-19(9)14-20(10,11)16-21(15-19)17-6(1-3-12-17)5-7-2-4-13-18(7)21/h1-4H,5H2. The Morgan fingerprint density at radius 2 is 1.33 bits per heavy atom. The van der Waals surface area contributed by atoms with Gasteiger partial charge in [-0.1, -0.05) is 0 Å². The Morgan fingerprint density at radius 1 is 0.810 bits per heavy atom. The minimum Gasteiger partial charge on any atom is -0.196 e. The lowest BCUT2D eigenvalue weighted by molar-refractivity contribution is 0.781. The quantitative estimate of drug-likeness (QED) is 0.475. The highest BCUT2D eigenvalue weighted by Gasteiger charge is 2.42. The van der Waals surface area contributed by atoms with E-state index in [0.29, 0.717) is 6.42 Å². The van der Waals surface area contributed by atoms with Crippen LogP contribution >= 0.6 is 64.3 Å². The fourth-order valence-corrected chi connectivity index (χ4v) is 17.8. The molecule has 0 aromatic carbocycles. The molecule has 14 heteroatoms. The molecule has 112 valence electrons. The van der Waals surface area contributed by atoms with Gasteiger partial charge < -0.3 is 0 Å². The van der Waals surface area contributed by atoms with Crippen molar-refractivity contribution in [1.29, 1.82) is 0 Å². The molecule has 0 amide bonds. The zero-order chi connectivity index (χ0) is 14.9. The second kappa shape index (κ2) is 4.64. The Morgan fingerprint density at radius 3 is 1.86 bits per heavy atom. The van der Waals surface area contributed by atoms with Gasteiger partial charge in [-0.3, -0.25) is 0 Å². The normalized spacial score (nSPS) is 23.4. The largest absolute Gasteiger partial charge is 0.312 e. The number of nitrogens with zero attached hydrogens (tertiary/aromatic N) is 7. The summed E-state index contributed by atoms with van der Waals surface area (Å²) in [6.45, 7) is 0. The fraction of sp³-hybridized carbons (Fsp3) is 0.143. The molecule has 4 heterocycles. The molecule has 0 bridgehead atoms. The van der Waals surface area contributed by atoms with Crippen LogP contribution in [0.1, 0.15) is 11.4 Å². The molecule has 4 rings (SSSR count). The lowest BCUT2D eigenvalue weighted by Crippen LogP contribution is -2.18. The van der Waals surface area contributed by atoms with Gasteiger partial charge in [0.15, 0.2) is 0 Å². The van der Waals surface area contributed by atoms with E-state index in [9.17, 15) is 0 Å². The van der Waals surface area contributed by atoms with Crippen molar-refractivity contribution >= 4 is 64.3 Å². The maximum atomic E-state index is 6.23. The molecule has 0 saturated heterocycles. The third kappa shape index (κ3) is 2.30. The Kier molecular flexibility index (Phi) is 3.28. The SMILES string of the molecule is ClP1(Cl)=NP(Cl)(Cl)=NP2(=N1)n1nccc1Cc1ccnn12. The first-order chi connectivity index (χ1) is 9.81. The number of aromatic nitrogens is 4. The van der Waals surface area contributed by atoms with E-state index in [1.807, 2.05) is 12.1 Å². The molecule has 2 aromatic heterocycles. The molecular weight excluding hydrogens is 417 g/mol. The average Bonchev–Trinajstić information content (AvgIpc) is 2.93. The van der Waals surface area contributed by atoms with Gasteiger partial charge in [-0.25, -0.2) is 0 Å². The van der Waals surface area contributed by atoms with E-state index in [0.717, 1.165) is 11.4 Å². The molecule has 0 N–H and O–H groups in total. The lowest BCUT2D eigenvalue weighted by atomic mass is 10.2. The predicted molar refractivity (Wildman–Crippen MR) is 89.5 cm³/mol. The summed E-state index contributed by atoms with van der Waals surface area (Å²) in [5, 5.41) is 8.64. The van der Waals surface area contributed by atoms with Gasteiger partial charge in [0.1, 0.15) is 0 Å². The highest BCUT2D eigenvalue weighted by atomic mass is 35.9. The number of fused-ring (bicyclic) bond motifs is 4. The fourth-order valence-electron chi connectivity index (χ4n) is 2.28. The van der Waals surface area contributed by atoms with Crippen molar-refractivity contribution in [3.05, 3.63) is 35.9 Å². The second-order valence-corrected chi connectivity index (χ2v) is 16.8. The zero-order valence-corrected chi connectivity index (χ0v) is 15.7. The molecule has 0 radical (unpaired) electrons. The van der Waals surface area contributed by atoms with E-state index >= 15 is 0 Å². The van der Waals surface area contributed by atoms with Crippen molar-refractivity contribution in [1.82, 2.24) is 19.1 Å². The van der Waals surface area contributed by atoms with Crippen LogP contribution in [-0.2, 0) is 6.42 Å². The maximum absolute atomic E-state index is 6.23. The van der Waals surface area contributed by atoms with Gasteiger partial charge >= 0.3 is 7.51 Å². The van der Waals surface area contributed by atoms with E-state index in [1.165, 1.54) is 0 Å². The first-order valence-electron chi connectivity index (χ1n) is 5.59. The third-order valence-corrected chi connectivity index (χ3v) is 14.9. The van der Waals surface area contributed by atoms with Crippen molar-refractivity contribution in [3.63, 3.8) is 0 Å². The van der Waals surface area contributed by atoms with Crippen LogP contribution in [0, 0.1) is 0 Å². The van der Waals surface area contributed by atoms with Gasteiger partial charge in [0, 0.05) is 18.8 Å². The topological polar surface area (TPSA) is 72.7 Å². The molecule has 2 aromatic rings. The number of halogens is 4. The molecule has 0 fully saturated rings. The minimum atomic E-state index is -3.04. The molecule has 0 atom stereocenters. The van der Waals surface area contributed by atoms with Gasteiger partial charge in [0.25, 0.3) is 11.8 Å². The van der Waals surface area contributed by atoms with E-state index in [4.69, 9.17) is 45.0 Å². The second-order valence-electron chi connectivity index (χ2n) is 4.32. The summed E-state index contributed by atoms with van der Waals surface area (Å²) >= 11 is 24.9. The van der Waals surface area contributed by atoms with Gasteiger partial charge in [-0.2, -0.15) is 32.6 Å². The molecule has 2 aliphatic heterocycles. The van der Waals surface area contributed by atoms with Crippen molar-refractivity contribution < 1.29 is 0 Å². The highest BCUT2D eigenvalue weighted by Crippen LogP contribution is 2.85. The van der Waals surface area contributed by atoms with Gasteiger partial charge in [0.05, 0.1) is 11.4 Å². The highest BCUT2D eigenvalue weighted by molar-refractivity contribution is 8.20. The van der Waals surface area contributed by atoms with Crippen molar-refractivity contribution in [2.75, 3.05) is 0 Å². The summed E-state index contributed by atoms with van der Waals surface area (Å²) in [7, 11) is -2.87. The molecule has 1 spiro atoms. The van der Waals surface area contributed by atoms with Crippen LogP contribution in [0.25, 0.3) is 0 Å². The van der Waals surface area contributed by atoms with Gasteiger partial charge in [-0.15, -0.1) is 0 Å². The number of hydrogen-bond donors (Lipinski definition) is 0. The third-order valence-electron chi connectivity index (χ3n) is 2.94. The first-order valence-corrected chi connectivity index (χ1v) is 14.2. The lowest BCUT2D eigenvalue weighted by Gasteiger charge is -2.31. The summed E-state index contributed by atoms with van der Waals surface area (Å²) in [6, 6.07) is 3.78. The Balaban J connectivity index is 2.20. The molecule has 21 heavy (non-hydrogen) atoms. The first kappa shape index (κ1) is 14.8. The monoisotopic (exact) mass is 421 g/mol. The summed E-state index contributed by atoms with van der Waals surface area (Å²) in [6.07, 6.45) is 4.01. The molecule has 7 nitrogen and oxygen atoms in total. The summed E-state index contributed by atoms with van der Waals surface area (Å²) in [5.74, 6) is -6.08. The molecular formula is C7H6Cl4N7P3. The van der Waals surface area contributed by atoms with Crippen LogP contribution in [0.5, 0.6) is 0 Å². The minimum absolute atomic E-state index is 0.663. The van der Waals surface area contributed by atoms with Crippen molar-refractivity contribution in [3.8, 4) is 0 Å². The molecule has 2 aliphatic rings. The molecule has 0 aliphatic carbocycles. The van der Waals surface area contributed by atoms with Crippen molar-refractivity contribution in [2.45, 2.75) is 6.42 Å². The number of hydrogen-bond acceptors (Lipinski definition) is 5. The van der Waals surface area contributed by atoms with Crippen LogP contribution in [0.4, 0.5) is 0 Å². The van der Waals surface area contributed by atoms with E-state index in [-0.39, 0.29) is 0 Å². The van der Waals surface area contributed by atoms with Crippen LogP contribution < -0.4 is 0 Å². The Labute approximate surface area is 139 Å². The molecule has 0 unspecified atom stereocenters. The van der Waals surface area contributed by atoms with Crippen molar-refractivity contribution in [2.24, 2.45) is 13.5 Å². The number of rotatable bonds is 0. The molecule has 0 saturated carbocycles. The van der Waals surface area contributed by atoms with E-state index in [1.54, 1.807) is 21.3 Å². The van der Waals surface area contributed by atoms with Crippen LogP contribution in [0.3, 0.4) is 0 Å². The smallest absolute Gasteiger partial charge is 0.196 e. The van der Waals surface area contributed by atoms with E-state index < -0.39 is 19.3 Å². The van der Waals surface area contributed by atoms with Crippen LogP contribution in [0.2, 0.25) is 0 Å². The van der Waals surface area contributed by atoms with Crippen LogP contribution in [0.15, 0.2) is 38.1 Å². The average molecular weight is 423 g/mol. The Bertz CT molecular complexity index is 863. The maximum Gasteiger partial charge on any atom is 0.312 e. The predicted octanol–water partition coefficient (Wildman–Crippen LogP) is 6.19. The van der Waals surface area contributed by atoms with Gasteiger partial charge in [-0.05, 0) is 57.1 Å². The van der Waals surface area contributed by atoms with Gasteiger partial charge in [0.2, 0.25) is 0 Å².